The predicted octanol–water partition coefficient (Wildman–Crippen LogP) is 3.25. The van der Waals surface area contributed by atoms with Gasteiger partial charge in [0.05, 0.1) is 6.61 Å². The molecule has 0 aliphatic heterocycles. The Morgan fingerprint density at radius 1 is 1.28 bits per heavy atom. The van der Waals surface area contributed by atoms with E-state index in [-0.39, 0.29) is 6.03 Å². The summed E-state index contributed by atoms with van der Waals surface area (Å²) in [6.07, 6.45) is 0.983. The molecule has 4 heteroatoms. The van der Waals surface area contributed by atoms with E-state index in [4.69, 9.17) is 4.74 Å². The summed E-state index contributed by atoms with van der Waals surface area (Å²) in [6, 6.07) is 7.17. The number of anilines is 1. The van der Waals surface area contributed by atoms with Crippen LogP contribution in [0.5, 0.6) is 5.75 Å². The van der Waals surface area contributed by atoms with Crippen LogP contribution in [0.3, 0.4) is 0 Å². The van der Waals surface area contributed by atoms with Crippen molar-refractivity contribution in [1.82, 2.24) is 5.32 Å². The van der Waals surface area contributed by atoms with Crippen molar-refractivity contribution in [3.05, 3.63) is 24.3 Å². The number of hydrogen-bond acceptors (Lipinski definition) is 2. The van der Waals surface area contributed by atoms with E-state index >= 15 is 0 Å². The van der Waals surface area contributed by atoms with Crippen molar-refractivity contribution in [2.24, 2.45) is 5.92 Å². The molecule has 1 aromatic rings. The molecule has 0 bridgehead atoms. The smallest absolute Gasteiger partial charge is 0.319 e. The topological polar surface area (TPSA) is 50.4 Å². The average Bonchev–Trinajstić information content (AvgIpc) is 2.31. The second-order valence-corrected chi connectivity index (χ2v) is 4.52. The van der Waals surface area contributed by atoms with E-state index < -0.39 is 0 Å². The maximum atomic E-state index is 11.6. The van der Waals surface area contributed by atoms with Gasteiger partial charge < -0.3 is 15.4 Å². The number of carbonyl (C=O) groups excluding carboxylic acids is 1. The highest BCUT2D eigenvalue weighted by Crippen LogP contribution is 2.15. The first-order chi connectivity index (χ1) is 8.61. The normalized spacial score (nSPS) is 10.2. The maximum Gasteiger partial charge on any atom is 0.319 e. The van der Waals surface area contributed by atoms with E-state index in [1.807, 2.05) is 31.2 Å². The van der Waals surface area contributed by atoms with Gasteiger partial charge in [0, 0.05) is 12.2 Å². The third-order valence-electron chi connectivity index (χ3n) is 2.43. The lowest BCUT2D eigenvalue weighted by Gasteiger charge is -2.09. The average molecular weight is 250 g/mol. The highest BCUT2D eigenvalue weighted by Gasteiger charge is 2.02. The van der Waals surface area contributed by atoms with Crippen molar-refractivity contribution in [2.75, 3.05) is 18.5 Å². The minimum absolute atomic E-state index is 0.167. The number of ether oxygens (including phenoxy) is 1. The second-order valence-electron chi connectivity index (χ2n) is 4.52. The largest absolute Gasteiger partial charge is 0.494 e. The van der Waals surface area contributed by atoms with Crippen LogP contribution in [-0.2, 0) is 0 Å². The van der Waals surface area contributed by atoms with Gasteiger partial charge in [-0.2, -0.15) is 0 Å². The summed E-state index contributed by atoms with van der Waals surface area (Å²) < 4.78 is 5.33. The van der Waals surface area contributed by atoms with Crippen molar-refractivity contribution in [3.63, 3.8) is 0 Å². The molecular formula is C14H22N2O2. The third-order valence-corrected chi connectivity index (χ3v) is 2.43. The first-order valence-electron chi connectivity index (χ1n) is 6.39. The number of rotatable bonds is 6. The lowest BCUT2D eigenvalue weighted by Crippen LogP contribution is -2.30. The van der Waals surface area contributed by atoms with Gasteiger partial charge in [-0.15, -0.1) is 0 Å². The van der Waals surface area contributed by atoms with Crippen LogP contribution in [0.4, 0.5) is 10.5 Å². The highest BCUT2D eigenvalue weighted by molar-refractivity contribution is 5.89. The first kappa shape index (κ1) is 14.4. The molecule has 0 aromatic heterocycles. The van der Waals surface area contributed by atoms with Gasteiger partial charge in [0.15, 0.2) is 0 Å². The van der Waals surface area contributed by atoms with Gasteiger partial charge in [-0.05, 0) is 43.5 Å². The zero-order valence-electron chi connectivity index (χ0n) is 11.3. The second kappa shape index (κ2) is 7.58. The SMILES string of the molecule is CCOc1ccc(NC(=O)NCCC(C)C)cc1. The van der Waals surface area contributed by atoms with Crippen molar-refractivity contribution >= 4 is 11.7 Å². The molecule has 0 fully saturated rings. The number of amides is 2. The van der Waals surface area contributed by atoms with Crippen LogP contribution in [-0.4, -0.2) is 19.2 Å². The van der Waals surface area contributed by atoms with Gasteiger partial charge in [0.1, 0.15) is 5.75 Å². The molecule has 18 heavy (non-hydrogen) atoms. The van der Waals surface area contributed by atoms with Crippen LogP contribution in [0.25, 0.3) is 0 Å². The Balaban J connectivity index is 2.35. The molecule has 1 rings (SSSR count). The summed E-state index contributed by atoms with van der Waals surface area (Å²) in [6.45, 7) is 7.54. The van der Waals surface area contributed by atoms with Crippen LogP contribution in [0.2, 0.25) is 0 Å². The highest BCUT2D eigenvalue weighted by atomic mass is 16.5. The Bertz CT molecular complexity index is 361. The summed E-state index contributed by atoms with van der Waals surface area (Å²) in [5.41, 5.74) is 0.764. The molecule has 4 nitrogen and oxygen atoms in total. The fourth-order valence-electron chi connectivity index (χ4n) is 1.45. The molecule has 0 saturated heterocycles. The molecule has 0 radical (unpaired) electrons. The van der Waals surface area contributed by atoms with Crippen molar-refractivity contribution < 1.29 is 9.53 Å². The van der Waals surface area contributed by atoms with Crippen LogP contribution in [0.1, 0.15) is 27.2 Å². The van der Waals surface area contributed by atoms with Gasteiger partial charge >= 0.3 is 6.03 Å². The molecule has 2 N–H and O–H groups in total. The molecule has 0 heterocycles. The molecule has 2 amide bonds. The van der Waals surface area contributed by atoms with E-state index in [9.17, 15) is 4.79 Å². The fourth-order valence-corrected chi connectivity index (χ4v) is 1.45. The fraction of sp³-hybridized carbons (Fsp3) is 0.500. The van der Waals surface area contributed by atoms with Crippen LogP contribution in [0, 0.1) is 5.92 Å². The van der Waals surface area contributed by atoms with E-state index in [0.717, 1.165) is 17.9 Å². The van der Waals surface area contributed by atoms with E-state index in [0.29, 0.717) is 19.1 Å². The van der Waals surface area contributed by atoms with E-state index in [1.165, 1.54) is 0 Å². The molecular weight excluding hydrogens is 228 g/mol. The molecule has 0 spiro atoms. The molecule has 0 unspecified atom stereocenters. The van der Waals surface area contributed by atoms with Gasteiger partial charge in [0.25, 0.3) is 0 Å². The number of urea groups is 1. The van der Waals surface area contributed by atoms with Crippen molar-refractivity contribution in [2.45, 2.75) is 27.2 Å². The summed E-state index contributed by atoms with van der Waals surface area (Å²) in [5, 5.41) is 5.60. The minimum Gasteiger partial charge on any atom is -0.494 e. The summed E-state index contributed by atoms with van der Waals surface area (Å²) in [5.74, 6) is 1.40. The standard InChI is InChI=1S/C14H22N2O2/c1-4-18-13-7-5-12(6-8-13)16-14(17)15-10-9-11(2)3/h5-8,11H,4,9-10H2,1-3H3,(H2,15,16,17). The quantitative estimate of drug-likeness (QED) is 0.814. The molecule has 0 aliphatic rings. The van der Waals surface area contributed by atoms with Gasteiger partial charge in [-0.25, -0.2) is 4.79 Å². The molecule has 100 valence electrons. The third kappa shape index (κ3) is 5.57. The van der Waals surface area contributed by atoms with Gasteiger partial charge in [-0.3, -0.25) is 0 Å². The number of nitrogens with one attached hydrogen (secondary N) is 2. The number of hydrogen-bond donors (Lipinski definition) is 2. The Morgan fingerprint density at radius 3 is 2.50 bits per heavy atom. The number of benzene rings is 1. The summed E-state index contributed by atoms with van der Waals surface area (Å²) in [7, 11) is 0. The lowest BCUT2D eigenvalue weighted by atomic mass is 10.1. The monoisotopic (exact) mass is 250 g/mol. The maximum absolute atomic E-state index is 11.6. The zero-order chi connectivity index (χ0) is 13.4. The zero-order valence-corrected chi connectivity index (χ0v) is 11.3. The minimum atomic E-state index is -0.167. The molecule has 0 atom stereocenters. The van der Waals surface area contributed by atoms with Gasteiger partial charge in [0.2, 0.25) is 0 Å². The predicted molar refractivity (Wildman–Crippen MR) is 74.1 cm³/mol. The van der Waals surface area contributed by atoms with Crippen LogP contribution < -0.4 is 15.4 Å². The lowest BCUT2D eigenvalue weighted by molar-refractivity contribution is 0.251. The Kier molecular flexibility index (Phi) is 6.05. The summed E-state index contributed by atoms with van der Waals surface area (Å²) >= 11 is 0. The molecule has 0 aliphatic carbocycles. The van der Waals surface area contributed by atoms with E-state index in [2.05, 4.69) is 24.5 Å². The summed E-state index contributed by atoms with van der Waals surface area (Å²) in [4.78, 5) is 11.6. The Hall–Kier alpha value is -1.71. The number of carbonyl (C=O) groups is 1. The van der Waals surface area contributed by atoms with E-state index in [1.54, 1.807) is 0 Å². The Labute approximate surface area is 109 Å². The van der Waals surface area contributed by atoms with Crippen LogP contribution >= 0.6 is 0 Å². The first-order valence-corrected chi connectivity index (χ1v) is 6.39. The van der Waals surface area contributed by atoms with Crippen molar-refractivity contribution in [3.8, 4) is 5.75 Å². The van der Waals surface area contributed by atoms with Crippen molar-refractivity contribution in [1.29, 1.82) is 0 Å². The van der Waals surface area contributed by atoms with Gasteiger partial charge in [-0.1, -0.05) is 13.8 Å². The van der Waals surface area contributed by atoms with Crippen LogP contribution in [0.15, 0.2) is 24.3 Å². The molecule has 0 saturated carbocycles. The molecule has 1 aromatic carbocycles. The Morgan fingerprint density at radius 2 is 1.94 bits per heavy atom.